The van der Waals surface area contributed by atoms with E-state index < -0.39 is 0 Å². The fourth-order valence-electron chi connectivity index (χ4n) is 3.41. The van der Waals surface area contributed by atoms with Gasteiger partial charge in [-0.2, -0.15) is 0 Å². The fourth-order valence-corrected chi connectivity index (χ4v) is 3.41. The monoisotopic (exact) mass is 400 g/mol. The van der Waals surface area contributed by atoms with Crippen LogP contribution in [0.15, 0.2) is 41.4 Å². The zero-order valence-electron chi connectivity index (χ0n) is 17.5. The van der Waals surface area contributed by atoms with Crippen LogP contribution in [0.4, 0.5) is 10.1 Å². The molecule has 1 heterocycles. The molecule has 1 saturated heterocycles. The molecule has 156 valence electrons. The van der Waals surface area contributed by atoms with E-state index in [0.717, 1.165) is 42.3 Å². The molecule has 1 unspecified atom stereocenters. The molecule has 0 aliphatic carbocycles. The molecule has 2 N–H and O–H groups in total. The maximum atomic E-state index is 13.7. The lowest BCUT2D eigenvalue weighted by atomic mass is 10.1. The van der Waals surface area contributed by atoms with Crippen LogP contribution in [0.2, 0.25) is 0 Å². The van der Waals surface area contributed by atoms with Crippen LogP contribution >= 0.6 is 0 Å². The van der Waals surface area contributed by atoms with Crippen molar-refractivity contribution in [1.82, 2.24) is 10.6 Å². The molecule has 6 nitrogen and oxygen atoms in total. The summed E-state index contributed by atoms with van der Waals surface area (Å²) >= 11 is 0. The summed E-state index contributed by atoms with van der Waals surface area (Å²) in [7, 11) is 5.05. The minimum atomic E-state index is -0.188. The number of guanidine groups is 1. The largest absolute Gasteiger partial charge is 0.497 e. The lowest BCUT2D eigenvalue weighted by Gasteiger charge is -2.21. The fraction of sp³-hybridized carbons (Fsp3) is 0.409. The molecular weight excluding hydrogens is 371 g/mol. The van der Waals surface area contributed by atoms with E-state index in [1.54, 1.807) is 40.3 Å². The Morgan fingerprint density at radius 1 is 1.17 bits per heavy atom. The number of hydrogen-bond donors (Lipinski definition) is 2. The zero-order chi connectivity index (χ0) is 20.8. The number of rotatable bonds is 6. The quantitative estimate of drug-likeness (QED) is 0.577. The van der Waals surface area contributed by atoms with Gasteiger partial charge in [0.25, 0.3) is 0 Å². The molecular formula is C22H29FN4O2. The van der Waals surface area contributed by atoms with Crippen molar-refractivity contribution < 1.29 is 13.9 Å². The van der Waals surface area contributed by atoms with Gasteiger partial charge in [0.2, 0.25) is 0 Å². The Morgan fingerprint density at radius 2 is 1.90 bits per heavy atom. The van der Waals surface area contributed by atoms with Crippen LogP contribution in [0.5, 0.6) is 11.5 Å². The maximum Gasteiger partial charge on any atom is 0.191 e. The standard InChI is InChI=1S/C22H29FN4O2/c1-15-5-6-16(9-21(15)23)13-25-22(24-2)26-17-7-8-27(14-17)18-10-19(28-3)12-20(11-18)29-4/h5-6,9-12,17H,7-8,13-14H2,1-4H3,(H2,24,25,26). The minimum absolute atomic E-state index is 0.188. The topological polar surface area (TPSA) is 58.1 Å². The Labute approximate surface area is 171 Å². The van der Waals surface area contributed by atoms with Crippen molar-refractivity contribution in [2.45, 2.75) is 25.9 Å². The highest BCUT2D eigenvalue weighted by molar-refractivity contribution is 5.80. The second-order valence-electron chi connectivity index (χ2n) is 7.16. The number of ether oxygens (including phenoxy) is 2. The van der Waals surface area contributed by atoms with Crippen LogP contribution in [0.1, 0.15) is 17.5 Å². The van der Waals surface area contributed by atoms with Crippen LogP contribution in [0.25, 0.3) is 0 Å². The van der Waals surface area contributed by atoms with Gasteiger partial charge in [0.05, 0.1) is 14.2 Å². The van der Waals surface area contributed by atoms with Gasteiger partial charge in [0.1, 0.15) is 17.3 Å². The average Bonchev–Trinajstić information content (AvgIpc) is 3.21. The number of hydrogen-bond acceptors (Lipinski definition) is 4. The molecule has 2 aromatic rings. The van der Waals surface area contributed by atoms with Crippen molar-refractivity contribution in [2.75, 3.05) is 39.3 Å². The van der Waals surface area contributed by atoms with Crippen molar-refractivity contribution in [3.05, 3.63) is 53.3 Å². The molecule has 1 aliphatic rings. The summed E-state index contributed by atoms with van der Waals surface area (Å²) in [4.78, 5) is 6.60. The number of nitrogens with zero attached hydrogens (tertiary/aromatic N) is 2. The predicted octanol–water partition coefficient (Wildman–Crippen LogP) is 3.10. The first kappa shape index (κ1) is 20.8. The van der Waals surface area contributed by atoms with E-state index in [-0.39, 0.29) is 11.9 Å². The molecule has 3 rings (SSSR count). The third-order valence-corrected chi connectivity index (χ3v) is 5.15. The van der Waals surface area contributed by atoms with E-state index in [2.05, 4.69) is 20.5 Å². The van der Waals surface area contributed by atoms with Crippen molar-refractivity contribution in [3.63, 3.8) is 0 Å². The normalized spacial score (nSPS) is 16.7. The number of aryl methyl sites for hydroxylation is 1. The van der Waals surface area contributed by atoms with Crippen LogP contribution in [0.3, 0.4) is 0 Å². The van der Waals surface area contributed by atoms with E-state index in [1.165, 1.54) is 0 Å². The summed E-state index contributed by atoms with van der Waals surface area (Å²) in [6.45, 7) is 4.04. The average molecular weight is 400 g/mol. The highest BCUT2D eigenvalue weighted by Crippen LogP contribution is 2.30. The Balaban J connectivity index is 1.57. The van der Waals surface area contributed by atoms with Gasteiger partial charge in [0, 0.05) is 56.6 Å². The van der Waals surface area contributed by atoms with E-state index >= 15 is 0 Å². The highest BCUT2D eigenvalue weighted by atomic mass is 19.1. The maximum absolute atomic E-state index is 13.7. The second-order valence-corrected chi connectivity index (χ2v) is 7.16. The summed E-state index contributed by atoms with van der Waals surface area (Å²) in [6, 6.07) is 11.4. The summed E-state index contributed by atoms with van der Waals surface area (Å²) in [5.41, 5.74) is 2.60. The first-order chi connectivity index (χ1) is 14.0. The Hall–Kier alpha value is -2.96. The molecule has 29 heavy (non-hydrogen) atoms. The van der Waals surface area contributed by atoms with Crippen LogP contribution < -0.4 is 25.0 Å². The van der Waals surface area contributed by atoms with Crippen molar-refractivity contribution in [3.8, 4) is 11.5 Å². The lowest BCUT2D eigenvalue weighted by Crippen LogP contribution is -2.44. The number of benzene rings is 2. The van der Waals surface area contributed by atoms with Crippen LogP contribution in [0, 0.1) is 12.7 Å². The molecule has 1 atom stereocenters. The predicted molar refractivity (Wildman–Crippen MR) is 115 cm³/mol. The molecule has 0 saturated carbocycles. The molecule has 7 heteroatoms. The summed E-state index contributed by atoms with van der Waals surface area (Å²) in [5, 5.41) is 6.72. The summed E-state index contributed by atoms with van der Waals surface area (Å²) in [6.07, 6.45) is 0.986. The van der Waals surface area contributed by atoms with E-state index in [4.69, 9.17) is 9.47 Å². The number of nitrogens with one attached hydrogen (secondary N) is 2. The van der Waals surface area contributed by atoms with Gasteiger partial charge in [-0.3, -0.25) is 4.99 Å². The van der Waals surface area contributed by atoms with Gasteiger partial charge in [-0.15, -0.1) is 0 Å². The number of halogens is 1. The third kappa shape index (κ3) is 5.31. The Morgan fingerprint density at radius 3 is 2.52 bits per heavy atom. The molecule has 2 aromatic carbocycles. The number of methoxy groups -OCH3 is 2. The second kappa shape index (κ2) is 9.49. The van der Waals surface area contributed by atoms with Gasteiger partial charge >= 0.3 is 0 Å². The van der Waals surface area contributed by atoms with Gasteiger partial charge in [-0.25, -0.2) is 4.39 Å². The van der Waals surface area contributed by atoms with Crippen LogP contribution in [-0.2, 0) is 6.54 Å². The lowest BCUT2D eigenvalue weighted by molar-refractivity contribution is 0.394. The van der Waals surface area contributed by atoms with E-state index in [1.807, 2.05) is 24.3 Å². The van der Waals surface area contributed by atoms with Gasteiger partial charge in [0.15, 0.2) is 5.96 Å². The molecule has 1 fully saturated rings. The molecule has 0 bridgehead atoms. The Bertz CT molecular complexity index is 850. The number of anilines is 1. The van der Waals surface area contributed by atoms with Crippen LogP contribution in [-0.4, -0.2) is 46.4 Å². The van der Waals surface area contributed by atoms with Gasteiger partial charge < -0.3 is 25.0 Å². The zero-order valence-corrected chi connectivity index (χ0v) is 17.5. The smallest absolute Gasteiger partial charge is 0.191 e. The van der Waals surface area contributed by atoms with Crippen molar-refractivity contribution >= 4 is 11.6 Å². The first-order valence-corrected chi connectivity index (χ1v) is 9.72. The summed E-state index contributed by atoms with van der Waals surface area (Å²) in [5.74, 6) is 2.07. The molecule has 0 spiro atoms. The third-order valence-electron chi connectivity index (χ3n) is 5.15. The van der Waals surface area contributed by atoms with Gasteiger partial charge in [-0.05, 0) is 30.5 Å². The SMILES string of the molecule is CN=C(NCc1ccc(C)c(F)c1)NC1CCN(c2cc(OC)cc(OC)c2)C1. The molecule has 0 aromatic heterocycles. The van der Waals surface area contributed by atoms with E-state index in [0.29, 0.717) is 18.1 Å². The molecule has 0 radical (unpaired) electrons. The van der Waals surface area contributed by atoms with Gasteiger partial charge in [-0.1, -0.05) is 12.1 Å². The number of aliphatic imine (C=N–C) groups is 1. The highest BCUT2D eigenvalue weighted by Gasteiger charge is 2.24. The Kier molecular flexibility index (Phi) is 6.80. The summed E-state index contributed by atoms with van der Waals surface area (Å²) < 4.78 is 24.5. The van der Waals surface area contributed by atoms with Crippen molar-refractivity contribution in [1.29, 1.82) is 0 Å². The van der Waals surface area contributed by atoms with Crippen molar-refractivity contribution in [2.24, 2.45) is 4.99 Å². The molecule has 1 aliphatic heterocycles. The van der Waals surface area contributed by atoms with E-state index in [9.17, 15) is 4.39 Å². The molecule has 0 amide bonds. The first-order valence-electron chi connectivity index (χ1n) is 9.72. The minimum Gasteiger partial charge on any atom is -0.497 e.